The molecule has 1 rings (SSSR count). The molecule has 0 aliphatic carbocycles. The van der Waals surface area contributed by atoms with Crippen LogP contribution in [0.4, 0.5) is 0 Å². The number of carbonyl (C=O) groups excluding carboxylic acids is 1. The number of benzene rings is 1. The largest absolute Gasteiger partial charge is 0.507 e. The van der Waals surface area contributed by atoms with Gasteiger partial charge in [0, 0.05) is 13.8 Å². The highest BCUT2D eigenvalue weighted by Crippen LogP contribution is 2.20. The smallest absolute Gasteiger partial charge is 0.341 e. The Morgan fingerprint density at radius 2 is 2.27 bits per heavy atom. The van der Waals surface area contributed by atoms with E-state index < -0.39 is 5.97 Å². The molecule has 0 aliphatic heterocycles. The fourth-order valence-electron chi connectivity index (χ4n) is 0.987. The number of phenolic OH excluding ortho intramolecular Hbond substituents is 1. The van der Waals surface area contributed by atoms with Crippen molar-refractivity contribution in [2.45, 2.75) is 12.5 Å². The second-order valence-electron chi connectivity index (χ2n) is 2.90. The van der Waals surface area contributed by atoms with E-state index in [-0.39, 0.29) is 11.3 Å². The van der Waals surface area contributed by atoms with Gasteiger partial charge >= 0.3 is 5.97 Å². The molecule has 3 radical (unpaired) electrons. The van der Waals surface area contributed by atoms with Crippen molar-refractivity contribution in [1.29, 1.82) is 0 Å². The molecule has 1 N–H and O–H groups in total. The van der Waals surface area contributed by atoms with E-state index in [1.54, 1.807) is 12.1 Å². The molecule has 0 fully saturated rings. The van der Waals surface area contributed by atoms with Gasteiger partial charge in [0.05, 0.1) is 6.61 Å². The first-order valence-corrected chi connectivity index (χ1v) is 6.24. The molecule has 1 aromatic carbocycles. The van der Waals surface area contributed by atoms with Crippen molar-refractivity contribution in [3.8, 4) is 5.75 Å². The number of halogens is 1. The summed E-state index contributed by atoms with van der Waals surface area (Å²) in [6, 6.07) is 5.60. The molecule has 0 atom stereocenters. The maximum atomic E-state index is 11.5. The second-order valence-corrected chi connectivity index (χ2v) is 4.65. The highest BCUT2D eigenvalue weighted by molar-refractivity contribution is 14.1. The molecular weight excluding hydrogens is 323 g/mol. The highest BCUT2D eigenvalue weighted by Gasteiger charge is 2.12. The lowest BCUT2D eigenvalue weighted by atomic mass is 10.2. The van der Waals surface area contributed by atoms with E-state index >= 15 is 0 Å². The fraction of sp³-hybridized carbons (Fsp3) is 0.300. The minimum absolute atomic E-state index is 0.0428. The summed E-state index contributed by atoms with van der Waals surface area (Å²) >= 11 is 2.07. The molecule has 15 heavy (non-hydrogen) atoms. The third kappa shape index (κ3) is 3.82. The van der Waals surface area contributed by atoms with E-state index in [0.29, 0.717) is 6.61 Å². The summed E-state index contributed by atoms with van der Waals surface area (Å²) in [5.74, 6) is -0.523. The van der Waals surface area contributed by atoms with Gasteiger partial charge in [0.15, 0.2) is 0 Å². The van der Waals surface area contributed by atoms with Crippen LogP contribution >= 0.6 is 22.6 Å². The monoisotopic (exact) mass is 333 g/mol. The van der Waals surface area contributed by atoms with E-state index in [1.807, 2.05) is 0 Å². The summed E-state index contributed by atoms with van der Waals surface area (Å²) in [5, 5.41) is 9.45. The van der Waals surface area contributed by atoms with E-state index in [1.165, 1.54) is 6.07 Å². The van der Waals surface area contributed by atoms with Crippen LogP contribution in [-0.4, -0.2) is 27.9 Å². The minimum Gasteiger partial charge on any atom is -0.507 e. The van der Waals surface area contributed by atoms with Gasteiger partial charge in [-0.2, -0.15) is 0 Å². The van der Waals surface area contributed by atoms with Gasteiger partial charge in [-0.15, -0.1) is 0 Å². The van der Waals surface area contributed by atoms with Crippen LogP contribution in [0.3, 0.4) is 0 Å². The quantitative estimate of drug-likeness (QED) is 0.397. The molecule has 0 saturated carbocycles. The van der Waals surface area contributed by atoms with Gasteiger partial charge in [-0.1, -0.05) is 6.04 Å². The number of esters is 1. The van der Waals surface area contributed by atoms with Crippen molar-refractivity contribution in [2.24, 2.45) is 0 Å². The normalized spacial score (nSPS) is 10.0. The zero-order chi connectivity index (χ0) is 11.3. The van der Waals surface area contributed by atoms with Crippen LogP contribution in [0.25, 0.3) is 0 Å². The van der Waals surface area contributed by atoms with Gasteiger partial charge in [0.1, 0.15) is 11.3 Å². The standard InChI is InChI=1S/C10H10IO3Si/c11-7-2-3-9(12)8(6-7)10(13)14-4-1-5-15/h2-3,6,12H,1,4-5H2. The number of hydrogen-bond donors (Lipinski definition) is 1. The molecule has 0 bridgehead atoms. The number of phenols is 1. The number of aromatic hydroxyl groups is 1. The van der Waals surface area contributed by atoms with Crippen molar-refractivity contribution in [2.75, 3.05) is 6.61 Å². The third-order valence-corrected chi connectivity index (χ3v) is 2.76. The Balaban J connectivity index is 2.68. The molecule has 0 saturated heterocycles. The SMILES string of the molecule is O=C(OCCC[Si])c1cc(I)ccc1O. The Labute approximate surface area is 105 Å². The number of carbonyl (C=O) groups is 1. The number of ether oxygens (including phenoxy) is 1. The molecule has 79 valence electrons. The van der Waals surface area contributed by atoms with Gasteiger partial charge < -0.3 is 9.84 Å². The maximum absolute atomic E-state index is 11.5. The Morgan fingerprint density at radius 1 is 1.53 bits per heavy atom. The second kappa shape index (κ2) is 6.11. The van der Waals surface area contributed by atoms with Crippen LogP contribution < -0.4 is 0 Å². The molecule has 0 aliphatic rings. The summed E-state index contributed by atoms with van der Waals surface area (Å²) < 4.78 is 5.86. The van der Waals surface area contributed by atoms with E-state index in [0.717, 1.165) is 16.0 Å². The van der Waals surface area contributed by atoms with E-state index in [9.17, 15) is 9.90 Å². The summed E-state index contributed by atoms with van der Waals surface area (Å²) in [5.41, 5.74) is 0.218. The van der Waals surface area contributed by atoms with Crippen LogP contribution in [0.15, 0.2) is 18.2 Å². The molecule has 0 spiro atoms. The van der Waals surface area contributed by atoms with Gasteiger partial charge in [-0.25, -0.2) is 4.79 Å². The van der Waals surface area contributed by atoms with Crippen molar-refractivity contribution in [3.05, 3.63) is 27.3 Å². The predicted molar refractivity (Wildman–Crippen MR) is 66.3 cm³/mol. The fourth-order valence-corrected chi connectivity index (χ4v) is 1.62. The van der Waals surface area contributed by atoms with Gasteiger partial charge in [-0.3, -0.25) is 0 Å². The molecule has 0 unspecified atom stereocenters. The minimum atomic E-state index is -0.480. The molecule has 0 aromatic heterocycles. The Bertz CT molecular complexity index is 355. The molecule has 3 nitrogen and oxygen atoms in total. The average molecular weight is 333 g/mol. The first-order chi connectivity index (χ1) is 7.15. The zero-order valence-corrected chi connectivity index (χ0v) is 11.2. The van der Waals surface area contributed by atoms with Gasteiger partial charge in [0.2, 0.25) is 0 Å². The van der Waals surface area contributed by atoms with Crippen LogP contribution in [0.1, 0.15) is 16.8 Å². The van der Waals surface area contributed by atoms with Crippen LogP contribution in [0, 0.1) is 3.57 Å². The van der Waals surface area contributed by atoms with Crippen LogP contribution in [0.5, 0.6) is 5.75 Å². The van der Waals surface area contributed by atoms with E-state index in [2.05, 4.69) is 32.8 Å². The molecule has 0 heterocycles. The Morgan fingerprint density at radius 3 is 2.93 bits per heavy atom. The summed E-state index contributed by atoms with van der Waals surface area (Å²) in [6.45, 7) is 0.354. The topological polar surface area (TPSA) is 46.5 Å². The lowest BCUT2D eigenvalue weighted by Crippen LogP contribution is -2.06. The lowest BCUT2D eigenvalue weighted by molar-refractivity contribution is 0.0502. The van der Waals surface area contributed by atoms with Crippen molar-refractivity contribution >= 4 is 38.8 Å². The lowest BCUT2D eigenvalue weighted by Gasteiger charge is -2.05. The molecule has 1 aromatic rings. The molecule has 0 amide bonds. The predicted octanol–water partition coefficient (Wildman–Crippen LogP) is 2.13. The van der Waals surface area contributed by atoms with Crippen molar-refractivity contribution < 1.29 is 14.6 Å². The highest BCUT2D eigenvalue weighted by atomic mass is 127. The van der Waals surface area contributed by atoms with Crippen LogP contribution in [-0.2, 0) is 4.74 Å². The summed E-state index contributed by atoms with van der Waals surface area (Å²) in [7, 11) is 3.28. The Hall–Kier alpha value is -0.563. The first kappa shape index (κ1) is 12.5. The molecular formula is C10H10IO3Si. The van der Waals surface area contributed by atoms with Crippen LogP contribution in [0.2, 0.25) is 6.04 Å². The van der Waals surface area contributed by atoms with Crippen molar-refractivity contribution in [1.82, 2.24) is 0 Å². The number of rotatable bonds is 4. The summed E-state index contributed by atoms with van der Waals surface area (Å²) in [4.78, 5) is 11.5. The van der Waals surface area contributed by atoms with Gasteiger partial charge in [0.25, 0.3) is 0 Å². The third-order valence-electron chi connectivity index (χ3n) is 1.73. The van der Waals surface area contributed by atoms with Crippen molar-refractivity contribution in [3.63, 3.8) is 0 Å². The zero-order valence-electron chi connectivity index (χ0n) is 8.00. The maximum Gasteiger partial charge on any atom is 0.341 e. The summed E-state index contributed by atoms with van der Waals surface area (Å²) in [6.07, 6.45) is 0.757. The van der Waals surface area contributed by atoms with E-state index in [4.69, 9.17) is 4.74 Å². The average Bonchev–Trinajstić information content (AvgIpc) is 2.22. The first-order valence-electron chi connectivity index (χ1n) is 4.45. The Kier molecular flexibility index (Phi) is 5.10. The van der Waals surface area contributed by atoms with Gasteiger partial charge in [-0.05, 0) is 47.2 Å². The molecule has 5 heteroatoms. The number of hydrogen-bond acceptors (Lipinski definition) is 3.